The number of hydrogen-bond acceptors (Lipinski definition) is 3. The smallest absolute Gasteiger partial charge is 0.315 e. The van der Waals surface area contributed by atoms with Crippen molar-refractivity contribution in [3.05, 3.63) is 64.7 Å². The molecule has 164 valence electrons. The van der Waals surface area contributed by atoms with Crippen LogP contribution in [-0.4, -0.2) is 24.6 Å². The highest BCUT2D eigenvalue weighted by molar-refractivity contribution is 5.94. The number of rotatable bonds is 6. The summed E-state index contributed by atoms with van der Waals surface area (Å²) in [6, 6.07) is 13.8. The van der Waals surface area contributed by atoms with Gasteiger partial charge in [0.05, 0.1) is 6.04 Å². The standard InChI is InChI=1S/C25H31N3O3/c1-17(20-12-11-19-7-2-3-8-21(19)15-20)27-25(30)26-16-18-6-4-9-22(14-18)28-24(29)23-10-5-13-31-23/h4,6,9,11-12,14-15,17,23H,2-3,5,7-8,10,13,16H2,1H3,(H,28,29)(H2,26,27,30). The van der Waals surface area contributed by atoms with E-state index >= 15 is 0 Å². The molecule has 1 aliphatic carbocycles. The molecule has 3 N–H and O–H groups in total. The number of aryl methyl sites for hydroxylation is 2. The number of ether oxygens (including phenoxy) is 1. The van der Waals surface area contributed by atoms with Crippen LogP contribution in [0.3, 0.4) is 0 Å². The van der Waals surface area contributed by atoms with Gasteiger partial charge < -0.3 is 20.7 Å². The van der Waals surface area contributed by atoms with Crippen molar-refractivity contribution in [3.63, 3.8) is 0 Å². The maximum Gasteiger partial charge on any atom is 0.315 e. The Kier molecular flexibility index (Phi) is 6.87. The topological polar surface area (TPSA) is 79.5 Å². The van der Waals surface area contributed by atoms with Crippen LogP contribution in [-0.2, 0) is 28.9 Å². The van der Waals surface area contributed by atoms with Crippen molar-refractivity contribution in [2.75, 3.05) is 11.9 Å². The highest BCUT2D eigenvalue weighted by Gasteiger charge is 2.23. The summed E-state index contributed by atoms with van der Waals surface area (Å²) >= 11 is 0. The molecule has 0 saturated carbocycles. The van der Waals surface area contributed by atoms with Gasteiger partial charge in [-0.1, -0.05) is 30.3 Å². The highest BCUT2D eigenvalue weighted by atomic mass is 16.5. The maximum absolute atomic E-state index is 12.4. The number of urea groups is 1. The Hall–Kier alpha value is -2.86. The number of benzene rings is 2. The molecule has 31 heavy (non-hydrogen) atoms. The second kappa shape index (κ2) is 9.96. The zero-order valence-corrected chi connectivity index (χ0v) is 18.1. The third-order valence-corrected chi connectivity index (χ3v) is 6.09. The summed E-state index contributed by atoms with van der Waals surface area (Å²) in [5.41, 5.74) is 5.62. The quantitative estimate of drug-likeness (QED) is 0.653. The second-order valence-electron chi connectivity index (χ2n) is 8.48. The highest BCUT2D eigenvalue weighted by Crippen LogP contribution is 2.24. The van der Waals surface area contributed by atoms with Crippen LogP contribution in [0.4, 0.5) is 10.5 Å². The molecule has 2 unspecified atom stereocenters. The van der Waals surface area contributed by atoms with Gasteiger partial charge in [-0.2, -0.15) is 0 Å². The minimum absolute atomic E-state index is 0.0655. The summed E-state index contributed by atoms with van der Waals surface area (Å²) in [5, 5.41) is 8.83. The van der Waals surface area contributed by atoms with Gasteiger partial charge in [0.25, 0.3) is 5.91 Å². The predicted molar refractivity (Wildman–Crippen MR) is 121 cm³/mol. The van der Waals surface area contributed by atoms with Crippen molar-refractivity contribution in [2.24, 2.45) is 0 Å². The lowest BCUT2D eigenvalue weighted by atomic mass is 9.89. The Morgan fingerprint density at radius 1 is 1.06 bits per heavy atom. The molecular formula is C25H31N3O3. The number of hydrogen-bond donors (Lipinski definition) is 3. The van der Waals surface area contributed by atoms with E-state index in [4.69, 9.17) is 4.74 Å². The van der Waals surface area contributed by atoms with Crippen molar-refractivity contribution >= 4 is 17.6 Å². The van der Waals surface area contributed by atoms with Crippen LogP contribution >= 0.6 is 0 Å². The molecule has 0 radical (unpaired) electrons. The third kappa shape index (κ3) is 5.64. The lowest BCUT2D eigenvalue weighted by molar-refractivity contribution is -0.124. The first-order valence-electron chi connectivity index (χ1n) is 11.3. The van der Waals surface area contributed by atoms with E-state index in [-0.39, 0.29) is 24.1 Å². The van der Waals surface area contributed by atoms with Crippen molar-refractivity contribution in [1.82, 2.24) is 10.6 Å². The molecule has 1 saturated heterocycles. The first-order chi connectivity index (χ1) is 15.1. The molecule has 6 nitrogen and oxygen atoms in total. The van der Waals surface area contributed by atoms with Gasteiger partial charge in [-0.05, 0) is 79.8 Å². The normalized spacial score (nSPS) is 18.7. The molecule has 1 fully saturated rings. The largest absolute Gasteiger partial charge is 0.368 e. The molecule has 1 heterocycles. The first kappa shape index (κ1) is 21.4. The van der Waals surface area contributed by atoms with Gasteiger partial charge in [-0.3, -0.25) is 4.79 Å². The number of carbonyl (C=O) groups is 2. The minimum Gasteiger partial charge on any atom is -0.368 e. The molecule has 1 aliphatic heterocycles. The molecule has 2 aliphatic rings. The van der Waals surface area contributed by atoms with Crippen LogP contribution in [0.15, 0.2) is 42.5 Å². The third-order valence-electron chi connectivity index (χ3n) is 6.09. The summed E-state index contributed by atoms with van der Waals surface area (Å²) in [7, 11) is 0. The Bertz CT molecular complexity index is 937. The average molecular weight is 422 g/mol. The van der Waals surface area contributed by atoms with Gasteiger partial charge in [0.1, 0.15) is 6.10 Å². The molecule has 0 spiro atoms. The van der Waals surface area contributed by atoms with E-state index in [1.165, 1.54) is 24.0 Å². The van der Waals surface area contributed by atoms with E-state index in [1.54, 1.807) is 0 Å². The van der Waals surface area contributed by atoms with E-state index in [2.05, 4.69) is 34.1 Å². The van der Waals surface area contributed by atoms with E-state index < -0.39 is 0 Å². The fraction of sp³-hybridized carbons (Fsp3) is 0.440. The van der Waals surface area contributed by atoms with Crippen molar-refractivity contribution < 1.29 is 14.3 Å². The number of fused-ring (bicyclic) bond motifs is 1. The monoisotopic (exact) mass is 421 g/mol. The van der Waals surface area contributed by atoms with Crippen LogP contribution in [0.25, 0.3) is 0 Å². The number of nitrogens with one attached hydrogen (secondary N) is 3. The van der Waals surface area contributed by atoms with E-state index in [0.717, 1.165) is 36.8 Å². The van der Waals surface area contributed by atoms with Crippen LogP contribution in [0.1, 0.15) is 60.9 Å². The molecule has 0 bridgehead atoms. The zero-order valence-electron chi connectivity index (χ0n) is 18.1. The van der Waals surface area contributed by atoms with Crippen molar-refractivity contribution in [3.8, 4) is 0 Å². The molecule has 2 atom stereocenters. The van der Waals surface area contributed by atoms with Gasteiger partial charge in [0.2, 0.25) is 0 Å². The summed E-state index contributed by atoms with van der Waals surface area (Å²) < 4.78 is 5.42. The van der Waals surface area contributed by atoms with Crippen molar-refractivity contribution in [2.45, 2.75) is 64.1 Å². The average Bonchev–Trinajstić information content (AvgIpc) is 3.33. The predicted octanol–water partition coefficient (Wildman–Crippen LogP) is 4.24. The molecule has 4 rings (SSSR count). The number of anilines is 1. The summed E-state index contributed by atoms with van der Waals surface area (Å²) in [6.07, 6.45) is 6.11. The summed E-state index contributed by atoms with van der Waals surface area (Å²) in [4.78, 5) is 24.6. The molecule has 2 aromatic carbocycles. The molecule has 2 aromatic rings. The Balaban J connectivity index is 1.28. The van der Waals surface area contributed by atoms with E-state index in [9.17, 15) is 9.59 Å². The van der Waals surface area contributed by atoms with Gasteiger partial charge in [0, 0.05) is 18.8 Å². The fourth-order valence-electron chi connectivity index (χ4n) is 4.30. The van der Waals surface area contributed by atoms with E-state index in [0.29, 0.717) is 18.8 Å². The Morgan fingerprint density at radius 2 is 1.90 bits per heavy atom. The molecule has 0 aromatic heterocycles. The lowest BCUT2D eigenvalue weighted by Gasteiger charge is -2.20. The number of amides is 3. The Morgan fingerprint density at radius 3 is 2.71 bits per heavy atom. The van der Waals surface area contributed by atoms with Crippen LogP contribution in [0.5, 0.6) is 0 Å². The fourth-order valence-corrected chi connectivity index (χ4v) is 4.30. The SMILES string of the molecule is CC(NC(=O)NCc1cccc(NC(=O)C2CCCO2)c1)c1ccc2c(c1)CCCC2. The first-order valence-corrected chi connectivity index (χ1v) is 11.3. The van der Waals surface area contributed by atoms with Crippen LogP contribution in [0, 0.1) is 0 Å². The van der Waals surface area contributed by atoms with Gasteiger partial charge in [-0.25, -0.2) is 4.79 Å². The molecular weight excluding hydrogens is 390 g/mol. The van der Waals surface area contributed by atoms with E-state index in [1.807, 2.05) is 31.2 Å². The van der Waals surface area contributed by atoms with Gasteiger partial charge >= 0.3 is 6.03 Å². The lowest BCUT2D eigenvalue weighted by Crippen LogP contribution is -2.36. The summed E-state index contributed by atoms with van der Waals surface area (Å²) in [6.45, 7) is 3.03. The Labute approximate surface area is 183 Å². The zero-order chi connectivity index (χ0) is 21.6. The van der Waals surface area contributed by atoms with Crippen molar-refractivity contribution in [1.29, 1.82) is 0 Å². The minimum atomic E-state index is -0.363. The van der Waals surface area contributed by atoms with Crippen LogP contribution < -0.4 is 16.0 Å². The second-order valence-corrected chi connectivity index (χ2v) is 8.48. The van der Waals surface area contributed by atoms with Gasteiger partial charge in [-0.15, -0.1) is 0 Å². The summed E-state index contributed by atoms with van der Waals surface area (Å²) in [5.74, 6) is -0.112. The molecule has 6 heteroatoms. The van der Waals surface area contributed by atoms with Gasteiger partial charge in [0.15, 0.2) is 0 Å². The molecule has 3 amide bonds. The number of carbonyl (C=O) groups excluding carboxylic acids is 2. The maximum atomic E-state index is 12.4. The van der Waals surface area contributed by atoms with Crippen LogP contribution in [0.2, 0.25) is 0 Å².